The number of piperidine rings is 1. The number of benzene rings is 1. The van der Waals surface area contributed by atoms with Crippen molar-refractivity contribution in [3.05, 3.63) is 23.8 Å². The van der Waals surface area contributed by atoms with E-state index in [1.54, 1.807) is 30.0 Å². The summed E-state index contributed by atoms with van der Waals surface area (Å²) in [5.41, 5.74) is 0.764. The lowest BCUT2D eigenvalue weighted by Crippen LogP contribution is -2.45. The van der Waals surface area contributed by atoms with Gasteiger partial charge in [-0.05, 0) is 56.4 Å². The predicted octanol–water partition coefficient (Wildman–Crippen LogP) is 2.66. The smallest absolute Gasteiger partial charge is 0.243 e. The van der Waals surface area contributed by atoms with E-state index in [-0.39, 0.29) is 23.9 Å². The van der Waals surface area contributed by atoms with Crippen LogP contribution in [-0.2, 0) is 14.8 Å². The Morgan fingerprint density at radius 2 is 1.92 bits per heavy atom. The summed E-state index contributed by atoms with van der Waals surface area (Å²) in [6, 6.07) is 4.83. The van der Waals surface area contributed by atoms with Gasteiger partial charge in [-0.25, -0.2) is 8.42 Å². The van der Waals surface area contributed by atoms with Crippen LogP contribution in [0.15, 0.2) is 23.1 Å². The van der Waals surface area contributed by atoms with Crippen molar-refractivity contribution in [1.82, 2.24) is 9.21 Å². The van der Waals surface area contributed by atoms with E-state index >= 15 is 0 Å². The number of aryl methyl sites for hydroxylation is 1. The highest BCUT2D eigenvalue weighted by Gasteiger charge is 2.29. The number of likely N-dealkylation sites (N-methyl/N-ethyl adjacent to an activating group) is 1. The first-order valence-corrected chi connectivity index (χ1v) is 10.7. The molecule has 1 fully saturated rings. The Kier molecular flexibility index (Phi) is 7.06. The molecule has 1 aromatic carbocycles. The molecule has 1 saturated heterocycles. The second kappa shape index (κ2) is 8.86. The summed E-state index contributed by atoms with van der Waals surface area (Å²) in [6.07, 6.45) is 1.95. The van der Waals surface area contributed by atoms with E-state index in [0.717, 1.165) is 18.4 Å². The Balaban J connectivity index is 2.14. The largest absolute Gasteiger partial charge is 0.494 e. The fraction of sp³-hybridized carbons (Fsp3) is 0.632. The maximum Gasteiger partial charge on any atom is 0.243 e. The van der Waals surface area contributed by atoms with E-state index in [2.05, 4.69) is 6.92 Å². The van der Waals surface area contributed by atoms with Gasteiger partial charge in [-0.15, -0.1) is 0 Å². The van der Waals surface area contributed by atoms with Crippen molar-refractivity contribution in [2.24, 2.45) is 5.92 Å². The van der Waals surface area contributed by atoms with E-state index in [4.69, 9.17) is 4.74 Å². The number of sulfonamides is 1. The van der Waals surface area contributed by atoms with Crippen LogP contribution in [0.5, 0.6) is 5.75 Å². The number of ether oxygens (including phenoxy) is 1. The van der Waals surface area contributed by atoms with E-state index < -0.39 is 10.0 Å². The van der Waals surface area contributed by atoms with Gasteiger partial charge in [-0.3, -0.25) is 4.79 Å². The van der Waals surface area contributed by atoms with Crippen LogP contribution in [-0.4, -0.2) is 56.3 Å². The van der Waals surface area contributed by atoms with Crippen LogP contribution in [0.3, 0.4) is 0 Å². The van der Waals surface area contributed by atoms with Gasteiger partial charge in [0, 0.05) is 19.6 Å². The standard InChI is InChI=1S/C19H30N2O4S/c1-5-21(14-19(22)20-11-9-15(3)10-12-20)26(23,24)17-7-8-18(25-6-2)16(4)13-17/h7-8,13,15H,5-6,9-12,14H2,1-4H3. The lowest BCUT2D eigenvalue weighted by molar-refractivity contribution is -0.132. The first-order valence-electron chi connectivity index (χ1n) is 9.31. The minimum Gasteiger partial charge on any atom is -0.494 e. The fourth-order valence-corrected chi connectivity index (χ4v) is 4.61. The molecule has 6 nitrogen and oxygen atoms in total. The van der Waals surface area contributed by atoms with Crippen LogP contribution in [0.2, 0.25) is 0 Å². The van der Waals surface area contributed by atoms with Crippen LogP contribution in [0.1, 0.15) is 39.2 Å². The minimum atomic E-state index is -3.72. The van der Waals surface area contributed by atoms with E-state index in [0.29, 0.717) is 31.4 Å². The Hall–Kier alpha value is -1.60. The first kappa shape index (κ1) is 20.7. The molecular weight excluding hydrogens is 352 g/mol. The molecule has 2 rings (SSSR count). The van der Waals surface area contributed by atoms with Crippen molar-refractivity contribution < 1.29 is 17.9 Å². The molecule has 0 saturated carbocycles. The molecule has 0 radical (unpaired) electrons. The zero-order chi connectivity index (χ0) is 19.3. The summed E-state index contributed by atoms with van der Waals surface area (Å²) in [7, 11) is -3.72. The molecule has 0 aliphatic carbocycles. The number of carbonyl (C=O) groups is 1. The summed E-state index contributed by atoms with van der Waals surface area (Å²) in [6.45, 7) is 9.72. The molecule has 0 atom stereocenters. The highest BCUT2D eigenvalue weighted by atomic mass is 32.2. The summed E-state index contributed by atoms with van der Waals surface area (Å²) in [5, 5.41) is 0. The monoisotopic (exact) mass is 382 g/mol. The van der Waals surface area contributed by atoms with Crippen LogP contribution in [0.4, 0.5) is 0 Å². The van der Waals surface area contributed by atoms with Crippen molar-refractivity contribution >= 4 is 15.9 Å². The van der Waals surface area contributed by atoms with Gasteiger partial charge >= 0.3 is 0 Å². The average Bonchev–Trinajstić information content (AvgIpc) is 2.61. The zero-order valence-corrected chi connectivity index (χ0v) is 17.0. The molecule has 1 aliphatic heterocycles. The molecule has 0 bridgehead atoms. The van der Waals surface area contributed by atoms with Crippen LogP contribution in [0.25, 0.3) is 0 Å². The zero-order valence-electron chi connectivity index (χ0n) is 16.2. The molecule has 1 amide bonds. The highest BCUT2D eigenvalue weighted by Crippen LogP contribution is 2.24. The third-order valence-electron chi connectivity index (χ3n) is 4.88. The third-order valence-corrected chi connectivity index (χ3v) is 6.80. The number of rotatable bonds is 7. The van der Waals surface area contributed by atoms with Crippen molar-refractivity contribution in [2.45, 2.75) is 45.4 Å². The van der Waals surface area contributed by atoms with Gasteiger partial charge in [0.05, 0.1) is 18.0 Å². The van der Waals surface area contributed by atoms with E-state index in [9.17, 15) is 13.2 Å². The average molecular weight is 383 g/mol. The number of carbonyl (C=O) groups excluding carboxylic acids is 1. The topological polar surface area (TPSA) is 66.9 Å². The number of hydrogen-bond acceptors (Lipinski definition) is 4. The normalized spacial score (nSPS) is 16.1. The summed E-state index contributed by atoms with van der Waals surface area (Å²) in [5.74, 6) is 1.18. The Labute approximate surface area is 157 Å². The molecule has 146 valence electrons. The summed E-state index contributed by atoms with van der Waals surface area (Å²) < 4.78 is 32.7. The van der Waals surface area contributed by atoms with Gasteiger partial charge in [0.15, 0.2) is 0 Å². The number of hydrogen-bond donors (Lipinski definition) is 0. The molecule has 0 aromatic heterocycles. The molecule has 26 heavy (non-hydrogen) atoms. The predicted molar refractivity (Wildman–Crippen MR) is 102 cm³/mol. The van der Waals surface area contributed by atoms with Crippen LogP contribution >= 0.6 is 0 Å². The van der Waals surface area contributed by atoms with Crippen LogP contribution < -0.4 is 4.74 Å². The SMILES string of the molecule is CCOc1ccc(S(=O)(=O)N(CC)CC(=O)N2CCC(C)CC2)cc1C. The second-order valence-corrected chi connectivity index (χ2v) is 8.79. The molecular formula is C19H30N2O4S. The second-order valence-electron chi connectivity index (χ2n) is 6.85. The summed E-state index contributed by atoms with van der Waals surface area (Å²) >= 11 is 0. The first-order chi connectivity index (χ1) is 12.3. The molecule has 0 unspecified atom stereocenters. The lowest BCUT2D eigenvalue weighted by Gasteiger charge is -2.32. The van der Waals surface area contributed by atoms with Gasteiger partial charge < -0.3 is 9.64 Å². The Morgan fingerprint density at radius 3 is 2.46 bits per heavy atom. The number of nitrogens with zero attached hydrogens (tertiary/aromatic N) is 2. The van der Waals surface area contributed by atoms with E-state index in [1.165, 1.54) is 4.31 Å². The minimum absolute atomic E-state index is 0.112. The number of likely N-dealkylation sites (tertiary alicyclic amines) is 1. The van der Waals surface area contributed by atoms with E-state index in [1.807, 2.05) is 13.8 Å². The summed E-state index contributed by atoms with van der Waals surface area (Å²) in [4.78, 5) is 14.5. The molecule has 0 N–H and O–H groups in total. The molecule has 1 aliphatic rings. The maximum absolute atomic E-state index is 13.0. The Bertz CT molecular complexity index is 725. The van der Waals surface area contributed by atoms with Crippen LogP contribution in [0, 0.1) is 12.8 Å². The van der Waals surface area contributed by atoms with Gasteiger partial charge in [0.25, 0.3) is 0 Å². The molecule has 1 heterocycles. The highest BCUT2D eigenvalue weighted by molar-refractivity contribution is 7.89. The van der Waals surface area contributed by atoms with Gasteiger partial charge in [-0.2, -0.15) is 4.31 Å². The van der Waals surface area contributed by atoms with Crippen molar-refractivity contribution in [1.29, 1.82) is 0 Å². The van der Waals surface area contributed by atoms with Gasteiger partial charge in [0.1, 0.15) is 5.75 Å². The van der Waals surface area contributed by atoms with Crippen molar-refractivity contribution in [3.8, 4) is 5.75 Å². The lowest BCUT2D eigenvalue weighted by atomic mass is 9.99. The Morgan fingerprint density at radius 1 is 1.27 bits per heavy atom. The quantitative estimate of drug-likeness (QED) is 0.727. The van der Waals surface area contributed by atoms with Gasteiger partial charge in [-0.1, -0.05) is 13.8 Å². The molecule has 0 spiro atoms. The number of amides is 1. The van der Waals surface area contributed by atoms with Gasteiger partial charge in [0.2, 0.25) is 15.9 Å². The van der Waals surface area contributed by atoms with Crippen molar-refractivity contribution in [2.75, 3.05) is 32.8 Å². The third kappa shape index (κ3) is 4.76. The molecule has 7 heteroatoms. The molecule has 1 aromatic rings. The maximum atomic E-state index is 13.0. The fourth-order valence-electron chi connectivity index (χ4n) is 3.12. The van der Waals surface area contributed by atoms with Crippen molar-refractivity contribution in [3.63, 3.8) is 0 Å².